The van der Waals surface area contributed by atoms with E-state index in [4.69, 9.17) is 0 Å². The van der Waals surface area contributed by atoms with Gasteiger partial charge in [0, 0.05) is 17.3 Å². The molecule has 0 saturated carbocycles. The Balaban J connectivity index is 3.53. The summed E-state index contributed by atoms with van der Waals surface area (Å²) in [6.07, 6.45) is 2.00. The predicted molar refractivity (Wildman–Crippen MR) is 69.1 cm³/mol. The van der Waals surface area contributed by atoms with Crippen molar-refractivity contribution in [3.8, 4) is 0 Å². The Morgan fingerprint density at radius 1 is 1.06 bits per heavy atom. The molecule has 1 aromatic heterocycles. The molecular formula is C14H23NO. The number of nitrogens with zero attached hydrogens (tertiary/aromatic N) is 1. The molecule has 1 aromatic rings. The molecule has 0 aliphatic carbocycles. The van der Waals surface area contributed by atoms with E-state index in [-0.39, 0.29) is 16.5 Å². The molecule has 0 aliphatic rings. The Hall–Kier alpha value is -1.05. The maximum atomic E-state index is 12.1. The Labute approximate surface area is 98.3 Å². The van der Waals surface area contributed by atoms with E-state index in [9.17, 15) is 4.79 Å². The minimum Gasteiger partial charge on any atom is -0.310 e. The Morgan fingerprint density at radius 2 is 1.56 bits per heavy atom. The van der Waals surface area contributed by atoms with Crippen molar-refractivity contribution < 1.29 is 0 Å². The van der Waals surface area contributed by atoms with Crippen LogP contribution in [0, 0.1) is 6.92 Å². The molecule has 0 atom stereocenters. The average Bonchev–Trinajstić information content (AvgIpc) is 2.05. The van der Waals surface area contributed by atoms with E-state index in [1.807, 2.05) is 23.8 Å². The van der Waals surface area contributed by atoms with Crippen LogP contribution in [0.3, 0.4) is 0 Å². The SMILES string of the molecule is Cc1cc(C(C)(C)C)cn(C(C)(C)C)c1=O. The largest absolute Gasteiger partial charge is 0.310 e. The number of rotatable bonds is 0. The minimum atomic E-state index is -0.164. The Kier molecular flexibility index (Phi) is 3.06. The fourth-order valence-corrected chi connectivity index (χ4v) is 1.63. The highest BCUT2D eigenvalue weighted by Gasteiger charge is 2.20. The van der Waals surface area contributed by atoms with Gasteiger partial charge in [0.05, 0.1) is 0 Å². The second kappa shape index (κ2) is 3.76. The first-order valence-electron chi connectivity index (χ1n) is 5.78. The topological polar surface area (TPSA) is 22.0 Å². The van der Waals surface area contributed by atoms with Gasteiger partial charge in [-0.2, -0.15) is 0 Å². The van der Waals surface area contributed by atoms with Gasteiger partial charge in [-0.25, -0.2) is 0 Å². The molecule has 16 heavy (non-hydrogen) atoms. The lowest BCUT2D eigenvalue weighted by Gasteiger charge is -2.27. The lowest BCUT2D eigenvalue weighted by Crippen LogP contribution is -2.35. The van der Waals surface area contributed by atoms with E-state index in [0.29, 0.717) is 0 Å². The Morgan fingerprint density at radius 3 is 1.94 bits per heavy atom. The van der Waals surface area contributed by atoms with Gasteiger partial charge in [0.2, 0.25) is 0 Å². The van der Waals surface area contributed by atoms with Crippen LogP contribution in [0.5, 0.6) is 0 Å². The molecule has 0 bridgehead atoms. The van der Waals surface area contributed by atoms with Crippen LogP contribution in [-0.4, -0.2) is 4.57 Å². The maximum absolute atomic E-state index is 12.1. The molecule has 90 valence electrons. The summed E-state index contributed by atoms with van der Waals surface area (Å²) < 4.78 is 1.84. The first-order chi connectivity index (χ1) is 7.03. The van der Waals surface area contributed by atoms with Crippen LogP contribution < -0.4 is 5.56 Å². The third kappa shape index (κ3) is 2.55. The van der Waals surface area contributed by atoms with Gasteiger partial charge in [0.1, 0.15) is 0 Å². The number of aromatic nitrogens is 1. The van der Waals surface area contributed by atoms with Gasteiger partial charge in [-0.3, -0.25) is 4.79 Å². The van der Waals surface area contributed by atoms with Gasteiger partial charge in [0.25, 0.3) is 5.56 Å². The van der Waals surface area contributed by atoms with Crippen LogP contribution in [0.25, 0.3) is 0 Å². The quantitative estimate of drug-likeness (QED) is 0.659. The van der Waals surface area contributed by atoms with Gasteiger partial charge in [-0.05, 0) is 44.7 Å². The number of hydrogen-bond acceptors (Lipinski definition) is 1. The average molecular weight is 221 g/mol. The highest BCUT2D eigenvalue weighted by molar-refractivity contribution is 5.25. The van der Waals surface area contributed by atoms with Crippen LogP contribution in [0.4, 0.5) is 0 Å². The van der Waals surface area contributed by atoms with E-state index < -0.39 is 0 Å². The van der Waals surface area contributed by atoms with Crippen molar-refractivity contribution >= 4 is 0 Å². The monoisotopic (exact) mass is 221 g/mol. The van der Waals surface area contributed by atoms with Crippen LogP contribution in [0.2, 0.25) is 0 Å². The van der Waals surface area contributed by atoms with Crippen molar-refractivity contribution in [1.29, 1.82) is 0 Å². The van der Waals surface area contributed by atoms with Crippen molar-refractivity contribution in [2.45, 2.75) is 59.4 Å². The second-order valence-electron chi connectivity index (χ2n) is 6.51. The summed E-state index contributed by atoms with van der Waals surface area (Å²) in [5.41, 5.74) is 2.05. The molecule has 2 nitrogen and oxygen atoms in total. The number of aryl methyl sites for hydroxylation is 1. The molecule has 0 unspecified atom stereocenters. The molecule has 0 radical (unpaired) electrons. The summed E-state index contributed by atoms with van der Waals surface area (Å²) in [5, 5.41) is 0. The van der Waals surface area contributed by atoms with Gasteiger partial charge in [-0.15, -0.1) is 0 Å². The summed E-state index contributed by atoms with van der Waals surface area (Å²) in [5.74, 6) is 0. The summed E-state index contributed by atoms with van der Waals surface area (Å²) in [6.45, 7) is 14.6. The van der Waals surface area contributed by atoms with Crippen LogP contribution >= 0.6 is 0 Å². The molecule has 1 heterocycles. The summed E-state index contributed by atoms with van der Waals surface area (Å²) in [6, 6.07) is 2.00. The van der Waals surface area contributed by atoms with Gasteiger partial charge < -0.3 is 4.57 Å². The number of pyridine rings is 1. The van der Waals surface area contributed by atoms with Crippen LogP contribution in [-0.2, 0) is 11.0 Å². The highest BCUT2D eigenvalue weighted by atomic mass is 16.1. The molecule has 2 heteroatoms. The molecule has 0 spiro atoms. The standard InChI is InChI=1S/C14H23NO/c1-10-8-11(13(2,3)4)9-15(12(10)16)14(5,6)7/h8-9H,1-7H3. The zero-order chi connectivity index (χ0) is 12.7. The number of hydrogen-bond donors (Lipinski definition) is 0. The highest BCUT2D eigenvalue weighted by Crippen LogP contribution is 2.23. The van der Waals surface area contributed by atoms with Crippen molar-refractivity contribution in [1.82, 2.24) is 4.57 Å². The first kappa shape index (κ1) is 13.0. The molecule has 0 N–H and O–H groups in total. The third-order valence-electron chi connectivity index (χ3n) is 2.79. The minimum absolute atomic E-state index is 0.0749. The summed E-state index contributed by atoms with van der Waals surface area (Å²) in [4.78, 5) is 12.1. The van der Waals surface area contributed by atoms with Crippen molar-refractivity contribution in [2.24, 2.45) is 0 Å². The van der Waals surface area contributed by atoms with Crippen LogP contribution in [0.15, 0.2) is 17.1 Å². The van der Waals surface area contributed by atoms with Gasteiger partial charge in [-0.1, -0.05) is 20.8 Å². The van der Waals surface area contributed by atoms with Gasteiger partial charge >= 0.3 is 0 Å². The second-order valence-corrected chi connectivity index (χ2v) is 6.51. The fourth-order valence-electron chi connectivity index (χ4n) is 1.63. The fraction of sp³-hybridized carbons (Fsp3) is 0.643. The smallest absolute Gasteiger partial charge is 0.253 e. The maximum Gasteiger partial charge on any atom is 0.253 e. The molecular weight excluding hydrogens is 198 g/mol. The van der Waals surface area contributed by atoms with E-state index in [1.165, 1.54) is 5.56 Å². The van der Waals surface area contributed by atoms with E-state index in [1.54, 1.807) is 0 Å². The third-order valence-corrected chi connectivity index (χ3v) is 2.79. The summed E-state index contributed by atoms with van der Waals surface area (Å²) >= 11 is 0. The zero-order valence-electron chi connectivity index (χ0n) is 11.5. The summed E-state index contributed by atoms with van der Waals surface area (Å²) in [7, 11) is 0. The lowest BCUT2D eigenvalue weighted by molar-refractivity contribution is 0.378. The molecule has 0 aliphatic heterocycles. The van der Waals surface area contributed by atoms with E-state index >= 15 is 0 Å². The van der Waals surface area contributed by atoms with E-state index in [2.05, 4.69) is 41.5 Å². The predicted octanol–water partition coefficient (Wildman–Crippen LogP) is 3.21. The van der Waals surface area contributed by atoms with Crippen LogP contribution in [0.1, 0.15) is 52.7 Å². The first-order valence-corrected chi connectivity index (χ1v) is 5.78. The van der Waals surface area contributed by atoms with Crippen molar-refractivity contribution in [2.75, 3.05) is 0 Å². The lowest BCUT2D eigenvalue weighted by atomic mass is 9.87. The van der Waals surface area contributed by atoms with Crippen molar-refractivity contribution in [3.05, 3.63) is 33.7 Å². The zero-order valence-corrected chi connectivity index (χ0v) is 11.5. The van der Waals surface area contributed by atoms with E-state index in [0.717, 1.165) is 5.56 Å². The molecule has 0 saturated heterocycles. The normalized spacial score (nSPS) is 12.9. The molecule has 0 aromatic carbocycles. The Bertz CT molecular complexity index is 441. The van der Waals surface area contributed by atoms with Crippen molar-refractivity contribution in [3.63, 3.8) is 0 Å². The molecule has 0 fully saturated rings. The van der Waals surface area contributed by atoms with Gasteiger partial charge in [0.15, 0.2) is 0 Å². The molecule has 1 rings (SSSR count). The molecule has 0 amide bonds.